The van der Waals surface area contributed by atoms with E-state index >= 15 is 0 Å². The van der Waals surface area contributed by atoms with Gasteiger partial charge in [0.25, 0.3) is 0 Å². The van der Waals surface area contributed by atoms with Crippen molar-refractivity contribution >= 4 is 0 Å². The van der Waals surface area contributed by atoms with Gasteiger partial charge in [0, 0.05) is 19.1 Å². The molecule has 1 saturated carbocycles. The smallest absolute Gasteiger partial charge is 0.0791 e. The first-order valence-corrected chi connectivity index (χ1v) is 7.59. The molecule has 2 fully saturated rings. The number of rotatable bonds is 5. The van der Waals surface area contributed by atoms with Gasteiger partial charge < -0.3 is 15.3 Å². The lowest BCUT2D eigenvalue weighted by Gasteiger charge is -2.39. The number of nitrogens with zero attached hydrogens (tertiary/aromatic N) is 1. The average Bonchev–Trinajstić information content (AvgIpc) is 3.09. The summed E-state index contributed by atoms with van der Waals surface area (Å²) >= 11 is 0. The summed E-state index contributed by atoms with van der Waals surface area (Å²) in [6.07, 6.45) is 4.96. The van der Waals surface area contributed by atoms with Crippen molar-refractivity contribution in [2.75, 3.05) is 26.2 Å². The second-order valence-electron chi connectivity index (χ2n) is 7.28. The molecule has 0 bridgehead atoms. The van der Waals surface area contributed by atoms with Crippen LogP contribution in [0.4, 0.5) is 0 Å². The standard InChI is InChI=1S/C15H30N2O/c1-15(2,3)12-6-8-17(9-7-12)11-14(18)10-16-13-4-5-13/h12-14,16,18H,4-11H2,1-3H3. The summed E-state index contributed by atoms with van der Waals surface area (Å²) in [5.74, 6) is 0.843. The minimum Gasteiger partial charge on any atom is -0.390 e. The monoisotopic (exact) mass is 254 g/mol. The van der Waals surface area contributed by atoms with E-state index in [9.17, 15) is 5.11 Å². The lowest BCUT2D eigenvalue weighted by atomic mass is 9.75. The van der Waals surface area contributed by atoms with Crippen molar-refractivity contribution in [3.05, 3.63) is 0 Å². The fourth-order valence-electron chi connectivity index (χ4n) is 2.93. The van der Waals surface area contributed by atoms with Crippen LogP contribution >= 0.6 is 0 Å². The van der Waals surface area contributed by atoms with Crippen LogP contribution in [0.3, 0.4) is 0 Å². The summed E-state index contributed by atoms with van der Waals surface area (Å²) < 4.78 is 0. The SMILES string of the molecule is CC(C)(C)C1CCN(CC(O)CNC2CC2)CC1. The van der Waals surface area contributed by atoms with Crippen LogP contribution in [0.2, 0.25) is 0 Å². The van der Waals surface area contributed by atoms with Crippen LogP contribution in [0.15, 0.2) is 0 Å². The highest BCUT2D eigenvalue weighted by Gasteiger charge is 2.29. The van der Waals surface area contributed by atoms with Gasteiger partial charge in [-0.15, -0.1) is 0 Å². The number of piperidine rings is 1. The first-order valence-electron chi connectivity index (χ1n) is 7.59. The number of hydrogen-bond donors (Lipinski definition) is 2. The molecular formula is C15H30N2O. The third-order valence-corrected chi connectivity index (χ3v) is 4.50. The van der Waals surface area contributed by atoms with E-state index in [1.807, 2.05) is 0 Å². The number of β-amino-alcohol motifs (C(OH)–C–C–N with tert-alkyl or cyclic N) is 1. The molecule has 3 heteroatoms. The Morgan fingerprint density at radius 1 is 1.17 bits per heavy atom. The normalized spacial score (nSPS) is 25.3. The van der Waals surface area contributed by atoms with Crippen molar-refractivity contribution in [2.45, 2.75) is 58.6 Å². The molecule has 2 N–H and O–H groups in total. The minimum atomic E-state index is -0.197. The molecule has 0 aromatic carbocycles. The molecule has 3 nitrogen and oxygen atoms in total. The Kier molecular flexibility index (Phi) is 4.68. The second-order valence-corrected chi connectivity index (χ2v) is 7.28. The van der Waals surface area contributed by atoms with Crippen molar-refractivity contribution in [1.82, 2.24) is 10.2 Å². The lowest BCUT2D eigenvalue weighted by molar-refractivity contribution is 0.0653. The van der Waals surface area contributed by atoms with Crippen LogP contribution in [-0.2, 0) is 0 Å². The second kappa shape index (κ2) is 5.89. The summed E-state index contributed by atoms with van der Waals surface area (Å²) in [6.45, 7) is 11.0. The first kappa shape index (κ1) is 14.3. The molecule has 1 atom stereocenters. The summed E-state index contributed by atoms with van der Waals surface area (Å²) in [7, 11) is 0. The van der Waals surface area contributed by atoms with E-state index in [4.69, 9.17) is 0 Å². The Balaban J connectivity index is 1.63. The maximum absolute atomic E-state index is 10.00. The van der Waals surface area contributed by atoms with Gasteiger partial charge in [0.15, 0.2) is 0 Å². The number of likely N-dealkylation sites (tertiary alicyclic amines) is 1. The van der Waals surface area contributed by atoms with Gasteiger partial charge in [-0.25, -0.2) is 0 Å². The largest absolute Gasteiger partial charge is 0.390 e. The summed E-state index contributed by atoms with van der Waals surface area (Å²) in [4.78, 5) is 2.43. The van der Waals surface area contributed by atoms with E-state index in [0.29, 0.717) is 11.5 Å². The summed E-state index contributed by atoms with van der Waals surface area (Å²) in [6, 6.07) is 0.700. The minimum absolute atomic E-state index is 0.197. The summed E-state index contributed by atoms with van der Waals surface area (Å²) in [5, 5.41) is 13.4. The van der Waals surface area contributed by atoms with Gasteiger partial charge in [-0.1, -0.05) is 20.8 Å². The quantitative estimate of drug-likeness (QED) is 0.786. The average molecular weight is 254 g/mol. The van der Waals surface area contributed by atoms with Crippen LogP contribution < -0.4 is 5.32 Å². The predicted octanol–water partition coefficient (Wildman–Crippen LogP) is 1.86. The maximum Gasteiger partial charge on any atom is 0.0791 e. The molecule has 0 amide bonds. The van der Waals surface area contributed by atoms with Crippen LogP contribution in [0, 0.1) is 11.3 Å². The molecule has 1 unspecified atom stereocenters. The van der Waals surface area contributed by atoms with Crippen molar-refractivity contribution in [1.29, 1.82) is 0 Å². The molecule has 0 radical (unpaired) electrons. The highest BCUT2D eigenvalue weighted by atomic mass is 16.3. The van der Waals surface area contributed by atoms with E-state index < -0.39 is 0 Å². The van der Waals surface area contributed by atoms with Crippen LogP contribution in [0.5, 0.6) is 0 Å². The topological polar surface area (TPSA) is 35.5 Å². The van der Waals surface area contributed by atoms with Gasteiger partial charge in [0.05, 0.1) is 6.10 Å². The van der Waals surface area contributed by atoms with Crippen molar-refractivity contribution < 1.29 is 5.11 Å². The molecule has 2 aliphatic rings. The highest BCUT2D eigenvalue weighted by molar-refractivity contribution is 4.84. The molecule has 18 heavy (non-hydrogen) atoms. The number of aliphatic hydroxyl groups excluding tert-OH is 1. The van der Waals surface area contributed by atoms with Crippen molar-refractivity contribution in [3.63, 3.8) is 0 Å². The number of aliphatic hydroxyl groups is 1. The Morgan fingerprint density at radius 3 is 2.28 bits per heavy atom. The van der Waals surface area contributed by atoms with Crippen LogP contribution in [0.1, 0.15) is 46.5 Å². The van der Waals surface area contributed by atoms with Crippen LogP contribution in [-0.4, -0.2) is 48.3 Å². The molecular weight excluding hydrogens is 224 g/mol. The molecule has 1 saturated heterocycles. The number of nitrogens with one attached hydrogen (secondary N) is 1. The Hall–Kier alpha value is -0.120. The van der Waals surface area contributed by atoms with E-state index in [2.05, 4.69) is 31.0 Å². The van der Waals surface area contributed by atoms with E-state index in [0.717, 1.165) is 32.1 Å². The van der Waals surface area contributed by atoms with Gasteiger partial charge in [-0.05, 0) is 50.1 Å². The molecule has 1 aliphatic carbocycles. The van der Waals surface area contributed by atoms with E-state index in [1.54, 1.807) is 0 Å². The molecule has 1 heterocycles. The van der Waals surface area contributed by atoms with Crippen molar-refractivity contribution in [2.24, 2.45) is 11.3 Å². The maximum atomic E-state index is 10.00. The fraction of sp³-hybridized carbons (Fsp3) is 1.00. The van der Waals surface area contributed by atoms with Gasteiger partial charge in [0.2, 0.25) is 0 Å². The zero-order valence-electron chi connectivity index (χ0n) is 12.3. The Bertz CT molecular complexity index is 250. The third-order valence-electron chi connectivity index (χ3n) is 4.50. The van der Waals surface area contributed by atoms with Gasteiger partial charge in [-0.2, -0.15) is 0 Å². The van der Waals surface area contributed by atoms with E-state index in [1.165, 1.54) is 25.7 Å². The van der Waals surface area contributed by atoms with Crippen molar-refractivity contribution in [3.8, 4) is 0 Å². The molecule has 2 rings (SSSR count). The Morgan fingerprint density at radius 2 is 1.78 bits per heavy atom. The fourth-order valence-corrected chi connectivity index (χ4v) is 2.93. The molecule has 0 aromatic rings. The first-order chi connectivity index (χ1) is 8.45. The van der Waals surface area contributed by atoms with Gasteiger partial charge >= 0.3 is 0 Å². The zero-order chi connectivity index (χ0) is 13.2. The zero-order valence-corrected chi connectivity index (χ0v) is 12.3. The van der Waals surface area contributed by atoms with Gasteiger partial charge in [0.1, 0.15) is 0 Å². The van der Waals surface area contributed by atoms with E-state index in [-0.39, 0.29) is 6.10 Å². The number of hydrogen-bond acceptors (Lipinski definition) is 3. The molecule has 106 valence electrons. The third kappa shape index (κ3) is 4.52. The molecule has 0 spiro atoms. The van der Waals surface area contributed by atoms with Gasteiger partial charge in [-0.3, -0.25) is 0 Å². The highest BCUT2D eigenvalue weighted by Crippen LogP contribution is 2.34. The van der Waals surface area contributed by atoms with Crippen LogP contribution in [0.25, 0.3) is 0 Å². The molecule has 1 aliphatic heterocycles. The predicted molar refractivity (Wildman–Crippen MR) is 75.7 cm³/mol. The molecule has 0 aromatic heterocycles. The Labute approximate surface area is 112 Å². The summed E-state index contributed by atoms with van der Waals surface area (Å²) in [5.41, 5.74) is 0.443. The lowest BCUT2D eigenvalue weighted by Crippen LogP contribution is -2.44.